The molecule has 1 heterocycles. The maximum absolute atomic E-state index is 12.2. The van der Waals surface area contributed by atoms with E-state index in [-0.39, 0.29) is 28.8 Å². The Morgan fingerprint density at radius 3 is 2.79 bits per heavy atom. The van der Waals surface area contributed by atoms with Crippen molar-refractivity contribution in [3.63, 3.8) is 0 Å². The summed E-state index contributed by atoms with van der Waals surface area (Å²) < 4.78 is 6.00. The molecule has 8 atom stereocenters. The fraction of sp³-hybridized carbons (Fsp3) is 0.857. The van der Waals surface area contributed by atoms with E-state index in [1.165, 1.54) is 18.4 Å². The molecule has 0 radical (unpaired) electrons. The lowest BCUT2D eigenvalue weighted by atomic mass is 9.48. The van der Waals surface area contributed by atoms with Gasteiger partial charge < -0.3 is 9.84 Å². The molecule has 4 fully saturated rings. The van der Waals surface area contributed by atoms with Crippen molar-refractivity contribution in [2.24, 2.45) is 28.6 Å². The number of ketones is 1. The molecule has 0 aromatic carbocycles. The second-order valence-electron chi connectivity index (χ2n) is 9.85. The zero-order chi connectivity index (χ0) is 16.9. The summed E-state index contributed by atoms with van der Waals surface area (Å²) in [7, 11) is 0. The van der Waals surface area contributed by atoms with Gasteiger partial charge in [0.1, 0.15) is 6.10 Å². The van der Waals surface area contributed by atoms with E-state index in [9.17, 15) is 9.90 Å². The van der Waals surface area contributed by atoms with Crippen molar-refractivity contribution in [2.75, 3.05) is 0 Å². The maximum Gasteiger partial charge on any atom is 0.164 e. The fourth-order valence-electron chi connectivity index (χ4n) is 7.44. The van der Waals surface area contributed by atoms with Crippen molar-refractivity contribution < 1.29 is 14.6 Å². The van der Waals surface area contributed by atoms with Gasteiger partial charge in [0.25, 0.3) is 0 Å². The Bertz CT molecular complexity index is 639. The van der Waals surface area contributed by atoms with Crippen LogP contribution in [0.25, 0.3) is 0 Å². The number of rotatable bonds is 1. The van der Waals surface area contributed by atoms with Crippen LogP contribution in [0.5, 0.6) is 0 Å². The van der Waals surface area contributed by atoms with Crippen molar-refractivity contribution in [1.29, 1.82) is 0 Å². The van der Waals surface area contributed by atoms with Crippen LogP contribution in [-0.4, -0.2) is 28.7 Å². The quantitative estimate of drug-likeness (QED) is 0.590. The van der Waals surface area contributed by atoms with E-state index >= 15 is 0 Å². The van der Waals surface area contributed by atoms with E-state index in [0.717, 1.165) is 38.0 Å². The zero-order valence-corrected chi connectivity index (χ0v) is 15.2. The zero-order valence-electron chi connectivity index (χ0n) is 15.2. The Morgan fingerprint density at radius 2 is 2.04 bits per heavy atom. The van der Waals surface area contributed by atoms with Gasteiger partial charge in [-0.1, -0.05) is 25.5 Å². The summed E-state index contributed by atoms with van der Waals surface area (Å²) in [5, 5.41) is 10.1. The maximum atomic E-state index is 12.2. The first-order chi connectivity index (χ1) is 11.3. The van der Waals surface area contributed by atoms with E-state index in [1.54, 1.807) is 6.92 Å². The molecular weight excluding hydrogens is 300 g/mol. The highest BCUT2D eigenvalue weighted by Gasteiger charge is 2.77. The third-order valence-corrected chi connectivity index (χ3v) is 8.93. The second kappa shape index (κ2) is 4.54. The van der Waals surface area contributed by atoms with Crippen LogP contribution >= 0.6 is 0 Å². The second-order valence-corrected chi connectivity index (χ2v) is 9.85. The molecular formula is C21H30O3. The predicted molar refractivity (Wildman–Crippen MR) is 91.4 cm³/mol. The van der Waals surface area contributed by atoms with Gasteiger partial charge in [-0.25, -0.2) is 0 Å². The smallest absolute Gasteiger partial charge is 0.164 e. The molecule has 0 spiro atoms. The number of fused-ring (bicyclic) bond motifs is 7. The number of hydrogen-bond donors (Lipinski definition) is 1. The normalized spacial score (nSPS) is 58.0. The van der Waals surface area contributed by atoms with Crippen molar-refractivity contribution in [1.82, 2.24) is 0 Å². The predicted octanol–water partition coefficient (Wildman–Crippen LogP) is 3.65. The van der Waals surface area contributed by atoms with E-state index in [1.807, 2.05) is 0 Å². The van der Waals surface area contributed by atoms with E-state index < -0.39 is 5.60 Å². The Labute approximate surface area is 144 Å². The molecule has 0 unspecified atom stereocenters. The van der Waals surface area contributed by atoms with Gasteiger partial charge in [0, 0.05) is 5.41 Å². The lowest BCUT2D eigenvalue weighted by Gasteiger charge is -2.57. The largest absolute Gasteiger partial charge is 0.393 e. The number of aliphatic hydroxyl groups is 1. The molecule has 3 saturated carbocycles. The Morgan fingerprint density at radius 1 is 1.25 bits per heavy atom. The minimum absolute atomic E-state index is 0.136. The molecule has 0 aromatic heterocycles. The summed E-state index contributed by atoms with van der Waals surface area (Å²) in [5.41, 5.74) is 1.57. The molecule has 132 valence electrons. The van der Waals surface area contributed by atoms with Gasteiger partial charge >= 0.3 is 0 Å². The van der Waals surface area contributed by atoms with Crippen LogP contribution in [0.1, 0.15) is 65.7 Å². The third kappa shape index (κ3) is 1.69. The number of allylic oxidation sites excluding steroid dienone is 1. The molecule has 0 amide bonds. The molecule has 24 heavy (non-hydrogen) atoms. The molecule has 5 rings (SSSR count). The first kappa shape index (κ1) is 15.6. The van der Waals surface area contributed by atoms with Crippen LogP contribution < -0.4 is 0 Å². The van der Waals surface area contributed by atoms with E-state index in [2.05, 4.69) is 19.9 Å². The van der Waals surface area contributed by atoms with E-state index in [4.69, 9.17) is 4.74 Å². The highest BCUT2D eigenvalue weighted by atomic mass is 16.6. The number of epoxide rings is 1. The van der Waals surface area contributed by atoms with Gasteiger partial charge in [0.2, 0.25) is 0 Å². The van der Waals surface area contributed by atoms with Crippen molar-refractivity contribution in [3.05, 3.63) is 11.6 Å². The molecule has 1 saturated heterocycles. The number of Topliss-reactive ketones (excluding diaryl/α,β-unsaturated/α-hetero) is 1. The van der Waals surface area contributed by atoms with Gasteiger partial charge in [-0.05, 0) is 75.0 Å². The summed E-state index contributed by atoms with van der Waals surface area (Å²) >= 11 is 0. The van der Waals surface area contributed by atoms with Crippen LogP contribution in [0.4, 0.5) is 0 Å². The molecule has 1 aliphatic heterocycles. The number of hydrogen-bond acceptors (Lipinski definition) is 3. The highest BCUT2D eigenvalue weighted by Crippen LogP contribution is 2.72. The van der Waals surface area contributed by atoms with Crippen LogP contribution in [0.15, 0.2) is 11.6 Å². The standard InChI is InChI=1S/C21H30O3/c1-12(22)21-11-17-15-5-4-13-10-14(23)6-8-19(13,2)16(15)7-9-20(17,3)18(21)24-21/h4,14-18,23H,5-11H2,1-3H3/t14-,15+,16-,17-,18-,19-,20-,21+/m0/s1. The van der Waals surface area contributed by atoms with Crippen LogP contribution in [0.3, 0.4) is 0 Å². The number of aliphatic hydroxyl groups excluding tert-OH is 1. The van der Waals surface area contributed by atoms with Crippen molar-refractivity contribution >= 4 is 5.78 Å². The van der Waals surface area contributed by atoms with Gasteiger partial charge in [-0.3, -0.25) is 4.79 Å². The average Bonchev–Trinajstić information content (AvgIpc) is 3.22. The van der Waals surface area contributed by atoms with Crippen LogP contribution in [0, 0.1) is 28.6 Å². The topological polar surface area (TPSA) is 49.8 Å². The third-order valence-electron chi connectivity index (χ3n) is 8.93. The fourth-order valence-corrected chi connectivity index (χ4v) is 7.44. The van der Waals surface area contributed by atoms with Crippen LogP contribution in [0.2, 0.25) is 0 Å². The Kier molecular flexibility index (Phi) is 2.94. The SMILES string of the molecule is CC(=O)[C@]12C[C@H]3[C@@H]4CC=C5C[C@@H](O)CC[C@]5(C)[C@H]4CC[C@]3(C)[C@@H]1O2. The molecule has 0 aromatic rings. The molecule has 5 aliphatic rings. The first-order valence-electron chi connectivity index (χ1n) is 9.88. The van der Waals surface area contributed by atoms with Crippen molar-refractivity contribution in [3.8, 4) is 0 Å². The molecule has 1 N–H and O–H groups in total. The summed E-state index contributed by atoms with van der Waals surface area (Å²) in [4.78, 5) is 12.2. The van der Waals surface area contributed by atoms with Gasteiger partial charge in [0.05, 0.1) is 6.10 Å². The van der Waals surface area contributed by atoms with Crippen molar-refractivity contribution in [2.45, 2.75) is 83.5 Å². The number of carbonyl (C=O) groups excluding carboxylic acids is 1. The Hall–Kier alpha value is -0.670. The monoisotopic (exact) mass is 330 g/mol. The average molecular weight is 330 g/mol. The molecule has 4 aliphatic carbocycles. The summed E-state index contributed by atoms with van der Waals surface area (Å²) in [6.07, 6.45) is 10.0. The summed E-state index contributed by atoms with van der Waals surface area (Å²) in [6.45, 7) is 6.57. The highest BCUT2D eigenvalue weighted by molar-refractivity contribution is 5.89. The first-order valence-corrected chi connectivity index (χ1v) is 9.88. The summed E-state index contributed by atoms with van der Waals surface area (Å²) in [5.74, 6) is 2.30. The van der Waals surface area contributed by atoms with Gasteiger partial charge in [-0.2, -0.15) is 0 Å². The van der Waals surface area contributed by atoms with Gasteiger partial charge in [0.15, 0.2) is 11.4 Å². The van der Waals surface area contributed by atoms with Crippen LogP contribution in [-0.2, 0) is 9.53 Å². The minimum Gasteiger partial charge on any atom is -0.393 e. The number of ether oxygens (including phenoxy) is 1. The van der Waals surface area contributed by atoms with Gasteiger partial charge in [-0.15, -0.1) is 0 Å². The summed E-state index contributed by atoms with van der Waals surface area (Å²) in [6, 6.07) is 0. The van der Waals surface area contributed by atoms with E-state index in [0.29, 0.717) is 11.8 Å². The molecule has 0 bridgehead atoms. The lowest BCUT2D eigenvalue weighted by molar-refractivity contribution is -0.123. The minimum atomic E-state index is -0.429. The lowest BCUT2D eigenvalue weighted by Crippen LogP contribution is -2.50. The molecule has 3 nitrogen and oxygen atoms in total. The Balaban J connectivity index is 1.50. The molecule has 3 heteroatoms. The number of carbonyl (C=O) groups is 1.